The Morgan fingerprint density at radius 2 is 1.85 bits per heavy atom. The summed E-state index contributed by atoms with van der Waals surface area (Å²) in [5.41, 5.74) is 0.506. The number of ether oxygens (including phenoxy) is 2. The van der Waals surface area contributed by atoms with Gasteiger partial charge in [-0.05, 0) is 37.3 Å². The minimum atomic E-state index is -3.82. The maximum absolute atomic E-state index is 13.5. The van der Waals surface area contributed by atoms with Crippen molar-refractivity contribution in [2.75, 3.05) is 29.1 Å². The molecule has 0 fully saturated rings. The lowest BCUT2D eigenvalue weighted by molar-refractivity contribution is -0.116. The van der Waals surface area contributed by atoms with Gasteiger partial charge < -0.3 is 14.8 Å². The molecule has 0 aromatic heterocycles. The standard InChI is InChI=1S/C18H19FN2O5S/c1-12(21(27(2,23)24)15-5-3-4-13(19)10-15)18(22)20-14-6-7-16-17(11-14)26-9-8-25-16/h3-7,10-12H,8-9H2,1-2H3,(H,20,22)/t12-/m0/s1. The van der Waals surface area contributed by atoms with Crippen molar-refractivity contribution in [1.29, 1.82) is 0 Å². The van der Waals surface area contributed by atoms with E-state index in [4.69, 9.17) is 9.47 Å². The molecule has 1 atom stereocenters. The largest absolute Gasteiger partial charge is 0.486 e. The number of sulfonamides is 1. The summed E-state index contributed by atoms with van der Waals surface area (Å²) in [6, 6.07) is 8.87. The molecule has 1 aliphatic rings. The third kappa shape index (κ3) is 4.30. The van der Waals surface area contributed by atoms with Gasteiger partial charge in [0.1, 0.15) is 25.1 Å². The second kappa shape index (κ2) is 7.43. The first kappa shape index (κ1) is 19.0. The number of hydrogen-bond donors (Lipinski definition) is 1. The van der Waals surface area contributed by atoms with E-state index in [1.54, 1.807) is 18.2 Å². The Kier molecular flexibility index (Phi) is 5.22. The van der Waals surface area contributed by atoms with E-state index in [2.05, 4.69) is 5.32 Å². The first-order valence-electron chi connectivity index (χ1n) is 8.21. The number of nitrogens with one attached hydrogen (secondary N) is 1. The van der Waals surface area contributed by atoms with Gasteiger partial charge in [-0.3, -0.25) is 9.10 Å². The number of carbonyl (C=O) groups excluding carboxylic acids is 1. The van der Waals surface area contributed by atoms with Gasteiger partial charge in [-0.25, -0.2) is 12.8 Å². The van der Waals surface area contributed by atoms with Crippen LogP contribution in [0.25, 0.3) is 0 Å². The predicted molar refractivity (Wildman–Crippen MR) is 99.2 cm³/mol. The summed E-state index contributed by atoms with van der Waals surface area (Å²) in [6.07, 6.45) is 0.964. The molecule has 144 valence electrons. The molecule has 1 amide bonds. The summed E-state index contributed by atoms with van der Waals surface area (Å²) in [5.74, 6) is -0.0939. The van der Waals surface area contributed by atoms with E-state index in [0.29, 0.717) is 30.4 Å². The maximum atomic E-state index is 13.5. The third-order valence-electron chi connectivity index (χ3n) is 3.96. The fourth-order valence-corrected chi connectivity index (χ4v) is 3.96. The van der Waals surface area contributed by atoms with Crippen LogP contribution in [-0.4, -0.2) is 39.8 Å². The van der Waals surface area contributed by atoms with Crippen molar-refractivity contribution in [3.05, 3.63) is 48.3 Å². The van der Waals surface area contributed by atoms with Gasteiger partial charge in [0.2, 0.25) is 15.9 Å². The lowest BCUT2D eigenvalue weighted by atomic mass is 10.2. The Bertz CT molecular complexity index is 964. The minimum absolute atomic E-state index is 0.0716. The zero-order valence-electron chi connectivity index (χ0n) is 14.8. The van der Waals surface area contributed by atoms with Crippen LogP contribution in [0.3, 0.4) is 0 Å². The summed E-state index contributed by atoms with van der Waals surface area (Å²) in [6.45, 7) is 2.29. The zero-order chi connectivity index (χ0) is 19.6. The molecule has 3 rings (SSSR count). The quantitative estimate of drug-likeness (QED) is 0.842. The van der Waals surface area contributed by atoms with E-state index >= 15 is 0 Å². The molecular weight excluding hydrogens is 375 g/mol. The Labute approximate surface area is 156 Å². The average Bonchev–Trinajstić information content (AvgIpc) is 2.60. The van der Waals surface area contributed by atoms with Gasteiger partial charge in [-0.1, -0.05) is 6.07 Å². The number of benzene rings is 2. The van der Waals surface area contributed by atoms with Crippen LogP contribution < -0.4 is 19.1 Å². The fourth-order valence-electron chi connectivity index (χ4n) is 2.79. The van der Waals surface area contributed by atoms with Crippen LogP contribution in [0.4, 0.5) is 15.8 Å². The van der Waals surface area contributed by atoms with Crippen molar-refractivity contribution in [3.63, 3.8) is 0 Å². The van der Waals surface area contributed by atoms with Gasteiger partial charge in [0.15, 0.2) is 11.5 Å². The molecule has 0 saturated carbocycles. The highest BCUT2D eigenvalue weighted by Gasteiger charge is 2.29. The van der Waals surface area contributed by atoms with E-state index in [0.717, 1.165) is 16.6 Å². The van der Waals surface area contributed by atoms with E-state index in [1.807, 2.05) is 0 Å². The Morgan fingerprint density at radius 3 is 2.52 bits per heavy atom. The van der Waals surface area contributed by atoms with Crippen LogP contribution in [0.2, 0.25) is 0 Å². The van der Waals surface area contributed by atoms with E-state index < -0.39 is 27.8 Å². The SMILES string of the molecule is C[C@@H](C(=O)Nc1ccc2c(c1)OCCO2)N(c1cccc(F)c1)S(C)(=O)=O. The lowest BCUT2D eigenvalue weighted by Gasteiger charge is -2.28. The lowest BCUT2D eigenvalue weighted by Crippen LogP contribution is -2.45. The molecule has 9 heteroatoms. The average molecular weight is 394 g/mol. The number of anilines is 2. The monoisotopic (exact) mass is 394 g/mol. The second-order valence-corrected chi connectivity index (χ2v) is 7.92. The van der Waals surface area contributed by atoms with Crippen molar-refractivity contribution in [3.8, 4) is 11.5 Å². The number of carbonyl (C=O) groups is 1. The maximum Gasteiger partial charge on any atom is 0.247 e. The third-order valence-corrected chi connectivity index (χ3v) is 5.20. The van der Waals surface area contributed by atoms with Crippen molar-refractivity contribution in [2.45, 2.75) is 13.0 Å². The Hall–Kier alpha value is -2.81. The normalized spacial score (nSPS) is 14.3. The van der Waals surface area contributed by atoms with Gasteiger partial charge in [-0.2, -0.15) is 0 Å². The molecule has 2 aromatic carbocycles. The van der Waals surface area contributed by atoms with Crippen LogP contribution in [-0.2, 0) is 14.8 Å². The summed E-state index contributed by atoms with van der Waals surface area (Å²) < 4.78 is 49.7. The number of hydrogen-bond acceptors (Lipinski definition) is 5. The van der Waals surface area contributed by atoms with Crippen molar-refractivity contribution >= 4 is 27.3 Å². The number of halogens is 1. The fraction of sp³-hybridized carbons (Fsp3) is 0.278. The molecule has 2 aromatic rings. The summed E-state index contributed by atoms with van der Waals surface area (Å²) >= 11 is 0. The molecule has 7 nitrogen and oxygen atoms in total. The number of amides is 1. The highest BCUT2D eigenvalue weighted by molar-refractivity contribution is 7.92. The smallest absolute Gasteiger partial charge is 0.247 e. The van der Waals surface area contributed by atoms with Gasteiger partial charge in [0.05, 0.1) is 11.9 Å². The molecule has 1 aliphatic heterocycles. The summed E-state index contributed by atoms with van der Waals surface area (Å²) in [5, 5.41) is 2.65. The number of nitrogens with zero attached hydrogens (tertiary/aromatic N) is 1. The topological polar surface area (TPSA) is 84.9 Å². The zero-order valence-corrected chi connectivity index (χ0v) is 15.6. The molecule has 27 heavy (non-hydrogen) atoms. The predicted octanol–water partition coefficient (Wildman–Crippen LogP) is 2.39. The summed E-state index contributed by atoms with van der Waals surface area (Å²) in [7, 11) is -3.82. The first-order chi connectivity index (χ1) is 12.8. The molecule has 0 unspecified atom stereocenters. The van der Waals surface area contributed by atoms with E-state index in [1.165, 1.54) is 25.1 Å². The molecular formula is C18H19FN2O5S. The highest BCUT2D eigenvalue weighted by Crippen LogP contribution is 2.32. The van der Waals surface area contributed by atoms with Crippen molar-refractivity contribution < 1.29 is 27.1 Å². The van der Waals surface area contributed by atoms with E-state index in [-0.39, 0.29) is 5.69 Å². The number of fused-ring (bicyclic) bond motifs is 1. The van der Waals surface area contributed by atoms with Gasteiger partial charge >= 0.3 is 0 Å². The van der Waals surface area contributed by atoms with Gasteiger partial charge in [0, 0.05) is 11.8 Å². The minimum Gasteiger partial charge on any atom is -0.486 e. The molecule has 0 bridgehead atoms. The van der Waals surface area contributed by atoms with Gasteiger partial charge in [-0.15, -0.1) is 0 Å². The molecule has 0 spiro atoms. The first-order valence-corrected chi connectivity index (χ1v) is 10.1. The van der Waals surface area contributed by atoms with Crippen molar-refractivity contribution in [2.24, 2.45) is 0 Å². The van der Waals surface area contributed by atoms with Gasteiger partial charge in [0.25, 0.3) is 0 Å². The van der Waals surface area contributed by atoms with Crippen LogP contribution in [0.15, 0.2) is 42.5 Å². The van der Waals surface area contributed by atoms with Crippen LogP contribution in [0, 0.1) is 5.82 Å². The molecule has 0 saturated heterocycles. The van der Waals surface area contributed by atoms with Crippen LogP contribution in [0.1, 0.15) is 6.92 Å². The van der Waals surface area contributed by atoms with Crippen molar-refractivity contribution in [1.82, 2.24) is 0 Å². The molecule has 1 N–H and O–H groups in total. The molecule has 0 aliphatic carbocycles. The number of rotatable bonds is 5. The summed E-state index contributed by atoms with van der Waals surface area (Å²) in [4.78, 5) is 12.6. The van der Waals surface area contributed by atoms with Crippen LogP contribution >= 0.6 is 0 Å². The van der Waals surface area contributed by atoms with Crippen LogP contribution in [0.5, 0.6) is 11.5 Å². The Morgan fingerprint density at radius 1 is 1.15 bits per heavy atom. The molecule has 0 radical (unpaired) electrons. The Balaban J connectivity index is 1.84. The highest BCUT2D eigenvalue weighted by atomic mass is 32.2. The second-order valence-electron chi connectivity index (χ2n) is 6.06. The molecule has 1 heterocycles. The van der Waals surface area contributed by atoms with E-state index in [9.17, 15) is 17.6 Å².